The number of carbonyl (C=O) groups is 1. The molecular formula is C7H11NO2. The van der Waals surface area contributed by atoms with Crippen molar-refractivity contribution in [2.45, 2.75) is 25.4 Å². The third kappa shape index (κ3) is 0.736. The Morgan fingerprint density at radius 1 is 1.70 bits per heavy atom. The summed E-state index contributed by atoms with van der Waals surface area (Å²) in [5.74, 6) is -0.191. The number of amides is 1. The fourth-order valence-electron chi connectivity index (χ4n) is 2.00. The molecule has 2 aliphatic heterocycles. The Morgan fingerprint density at radius 3 is 2.80 bits per heavy atom. The predicted molar refractivity (Wildman–Crippen MR) is 35.2 cm³/mol. The molecule has 56 valence electrons. The van der Waals surface area contributed by atoms with Crippen LogP contribution in [0.15, 0.2) is 0 Å². The topological polar surface area (TPSA) is 52.3 Å². The van der Waals surface area contributed by atoms with Crippen LogP contribution in [0.1, 0.15) is 19.3 Å². The molecule has 1 aliphatic carbocycles. The van der Waals surface area contributed by atoms with Gasteiger partial charge in [-0.05, 0) is 12.8 Å². The summed E-state index contributed by atoms with van der Waals surface area (Å²) >= 11 is 0. The highest BCUT2D eigenvalue weighted by Crippen LogP contribution is 2.52. The summed E-state index contributed by atoms with van der Waals surface area (Å²) in [5, 5.41) is 0. The molecule has 0 radical (unpaired) electrons. The lowest BCUT2D eigenvalue weighted by Crippen LogP contribution is -2.36. The Bertz CT molecular complexity index is 167. The number of fused-ring (bicyclic) bond motifs is 1. The Kier molecular flexibility index (Phi) is 1.06. The van der Waals surface area contributed by atoms with E-state index in [4.69, 9.17) is 10.5 Å². The molecule has 0 aromatic rings. The Morgan fingerprint density at radius 2 is 2.40 bits per heavy atom. The van der Waals surface area contributed by atoms with E-state index in [9.17, 15) is 4.79 Å². The number of primary amides is 1. The van der Waals surface area contributed by atoms with E-state index in [1.165, 1.54) is 0 Å². The summed E-state index contributed by atoms with van der Waals surface area (Å²) in [5.41, 5.74) is 5.25. The molecule has 0 aromatic carbocycles. The maximum absolute atomic E-state index is 10.6. The van der Waals surface area contributed by atoms with Crippen LogP contribution in [0.4, 0.5) is 0 Å². The van der Waals surface area contributed by atoms with E-state index in [1.807, 2.05) is 0 Å². The Hall–Kier alpha value is -0.570. The van der Waals surface area contributed by atoms with Gasteiger partial charge >= 0.3 is 0 Å². The smallest absolute Gasteiger partial charge is 0.218 e. The number of carbonyl (C=O) groups excluding carboxylic acids is 1. The van der Waals surface area contributed by atoms with Gasteiger partial charge < -0.3 is 10.5 Å². The van der Waals surface area contributed by atoms with Crippen LogP contribution in [0.3, 0.4) is 0 Å². The summed E-state index contributed by atoms with van der Waals surface area (Å²) in [6.45, 7) is 0.751. The summed E-state index contributed by atoms with van der Waals surface area (Å²) < 4.78 is 5.32. The second-order valence-electron chi connectivity index (χ2n) is 3.48. The normalized spacial score (nSPS) is 43.0. The van der Waals surface area contributed by atoms with Gasteiger partial charge in [-0.1, -0.05) is 0 Å². The Labute approximate surface area is 59.5 Å². The first-order valence-electron chi connectivity index (χ1n) is 3.60. The fraction of sp³-hybridized carbons (Fsp3) is 0.857. The summed E-state index contributed by atoms with van der Waals surface area (Å²) in [4.78, 5) is 10.6. The molecule has 1 amide bonds. The average molecular weight is 141 g/mol. The van der Waals surface area contributed by atoms with Crippen LogP contribution in [0.2, 0.25) is 0 Å². The third-order valence-electron chi connectivity index (χ3n) is 2.50. The van der Waals surface area contributed by atoms with Crippen LogP contribution in [0.25, 0.3) is 0 Å². The van der Waals surface area contributed by atoms with Crippen LogP contribution in [-0.2, 0) is 9.53 Å². The van der Waals surface area contributed by atoms with Crippen molar-refractivity contribution in [2.75, 3.05) is 6.61 Å². The van der Waals surface area contributed by atoms with Gasteiger partial charge in [0.05, 0.1) is 12.7 Å². The van der Waals surface area contributed by atoms with E-state index in [0.717, 1.165) is 19.4 Å². The van der Waals surface area contributed by atoms with Gasteiger partial charge in [-0.2, -0.15) is 0 Å². The molecule has 2 heterocycles. The lowest BCUT2D eigenvalue weighted by molar-refractivity contribution is -0.120. The molecule has 0 aromatic heterocycles. The molecule has 3 heteroatoms. The van der Waals surface area contributed by atoms with Gasteiger partial charge in [-0.25, -0.2) is 0 Å². The zero-order valence-corrected chi connectivity index (χ0v) is 5.80. The van der Waals surface area contributed by atoms with Crippen molar-refractivity contribution in [1.29, 1.82) is 0 Å². The maximum Gasteiger partial charge on any atom is 0.218 e. The molecule has 2 N–H and O–H groups in total. The van der Waals surface area contributed by atoms with E-state index in [1.54, 1.807) is 0 Å². The molecule has 3 aliphatic rings. The van der Waals surface area contributed by atoms with Crippen molar-refractivity contribution in [2.24, 2.45) is 11.1 Å². The van der Waals surface area contributed by atoms with Crippen molar-refractivity contribution in [1.82, 2.24) is 0 Å². The molecule has 3 fully saturated rings. The number of hydrogen-bond donors (Lipinski definition) is 1. The molecular weight excluding hydrogens is 130 g/mol. The van der Waals surface area contributed by atoms with E-state index < -0.39 is 0 Å². The van der Waals surface area contributed by atoms with E-state index in [-0.39, 0.29) is 11.3 Å². The highest BCUT2D eigenvalue weighted by Gasteiger charge is 2.52. The average Bonchev–Trinajstić information content (AvgIpc) is 2.18. The minimum atomic E-state index is -0.191. The van der Waals surface area contributed by atoms with Gasteiger partial charge in [-0.3, -0.25) is 4.79 Å². The molecule has 0 unspecified atom stereocenters. The SMILES string of the molecule is NC(=O)CC12COC(C1)C2. The molecule has 2 saturated heterocycles. The monoisotopic (exact) mass is 141 g/mol. The van der Waals surface area contributed by atoms with Crippen LogP contribution >= 0.6 is 0 Å². The summed E-state index contributed by atoms with van der Waals surface area (Å²) in [6, 6.07) is 0. The van der Waals surface area contributed by atoms with Crippen LogP contribution in [0, 0.1) is 5.41 Å². The first-order valence-corrected chi connectivity index (χ1v) is 3.60. The highest BCUT2D eigenvalue weighted by molar-refractivity contribution is 5.74. The second kappa shape index (κ2) is 1.72. The molecule has 3 rings (SSSR count). The first kappa shape index (κ1) is 6.16. The number of rotatable bonds is 2. The first-order chi connectivity index (χ1) is 4.70. The van der Waals surface area contributed by atoms with Crippen LogP contribution < -0.4 is 5.73 Å². The van der Waals surface area contributed by atoms with Gasteiger partial charge in [0.2, 0.25) is 5.91 Å². The van der Waals surface area contributed by atoms with Crippen molar-refractivity contribution in [3.8, 4) is 0 Å². The number of ether oxygens (including phenoxy) is 1. The van der Waals surface area contributed by atoms with Crippen molar-refractivity contribution >= 4 is 5.91 Å². The van der Waals surface area contributed by atoms with Crippen molar-refractivity contribution < 1.29 is 9.53 Å². The molecule has 0 spiro atoms. The highest BCUT2D eigenvalue weighted by atomic mass is 16.5. The predicted octanol–water partition coefficient (Wildman–Crippen LogP) is 0.0408. The molecule has 10 heavy (non-hydrogen) atoms. The molecule has 0 atom stereocenters. The van der Waals surface area contributed by atoms with Gasteiger partial charge in [0.25, 0.3) is 0 Å². The molecule has 1 saturated carbocycles. The van der Waals surface area contributed by atoms with E-state index >= 15 is 0 Å². The van der Waals surface area contributed by atoms with Crippen molar-refractivity contribution in [3.05, 3.63) is 0 Å². The standard InChI is InChI=1S/C7H11NO2/c8-6(9)3-7-1-5(2-7)10-4-7/h5H,1-4H2,(H2,8,9). The summed E-state index contributed by atoms with van der Waals surface area (Å²) in [7, 11) is 0. The van der Waals surface area contributed by atoms with Crippen LogP contribution in [0.5, 0.6) is 0 Å². The minimum absolute atomic E-state index is 0.163. The zero-order chi connectivity index (χ0) is 7.19. The summed E-state index contributed by atoms with van der Waals surface area (Å²) in [6.07, 6.45) is 3.06. The second-order valence-corrected chi connectivity index (χ2v) is 3.48. The lowest BCUT2D eigenvalue weighted by atomic mass is 9.68. The van der Waals surface area contributed by atoms with Gasteiger partial charge in [-0.15, -0.1) is 0 Å². The largest absolute Gasteiger partial charge is 0.378 e. The quantitative estimate of drug-likeness (QED) is 0.590. The number of hydrogen-bond acceptors (Lipinski definition) is 2. The van der Waals surface area contributed by atoms with Gasteiger partial charge in [0, 0.05) is 11.8 Å². The zero-order valence-electron chi connectivity index (χ0n) is 5.80. The third-order valence-corrected chi connectivity index (χ3v) is 2.50. The van der Waals surface area contributed by atoms with Crippen molar-refractivity contribution in [3.63, 3.8) is 0 Å². The lowest BCUT2D eigenvalue weighted by Gasteiger charge is -2.33. The molecule has 3 nitrogen and oxygen atoms in total. The number of nitrogens with two attached hydrogens (primary N) is 1. The maximum atomic E-state index is 10.6. The van der Waals surface area contributed by atoms with E-state index in [0.29, 0.717) is 12.5 Å². The Balaban J connectivity index is 1.98. The minimum Gasteiger partial charge on any atom is -0.378 e. The van der Waals surface area contributed by atoms with E-state index in [2.05, 4.69) is 0 Å². The van der Waals surface area contributed by atoms with Gasteiger partial charge in [0.15, 0.2) is 0 Å². The fourth-order valence-corrected chi connectivity index (χ4v) is 2.00. The van der Waals surface area contributed by atoms with Gasteiger partial charge in [0.1, 0.15) is 0 Å². The van der Waals surface area contributed by atoms with Crippen LogP contribution in [-0.4, -0.2) is 18.6 Å². The molecule has 2 bridgehead atoms.